The first kappa shape index (κ1) is 26.7. The number of nitrogens with one attached hydrogen (secondary N) is 2. The Balaban J connectivity index is 1.55. The third-order valence-electron chi connectivity index (χ3n) is 5.51. The molecule has 1 unspecified atom stereocenters. The van der Waals surface area contributed by atoms with Crippen molar-refractivity contribution in [2.75, 3.05) is 33.9 Å². The van der Waals surface area contributed by atoms with Gasteiger partial charge in [0.05, 0.1) is 27.2 Å². The zero-order valence-corrected chi connectivity index (χ0v) is 21.0. The molecule has 0 saturated carbocycles. The van der Waals surface area contributed by atoms with Crippen LogP contribution in [0.3, 0.4) is 0 Å². The van der Waals surface area contributed by atoms with Crippen molar-refractivity contribution in [1.29, 1.82) is 0 Å². The van der Waals surface area contributed by atoms with Crippen molar-refractivity contribution in [2.24, 2.45) is 0 Å². The molecule has 1 aliphatic rings. The van der Waals surface area contributed by atoms with Gasteiger partial charge >= 0.3 is 5.97 Å². The normalized spacial score (nSPS) is 15.2. The highest BCUT2D eigenvalue weighted by atomic mass is 32.1. The molecule has 2 N–H and O–H groups in total. The van der Waals surface area contributed by atoms with Gasteiger partial charge in [-0.3, -0.25) is 19.7 Å². The van der Waals surface area contributed by atoms with E-state index >= 15 is 0 Å². The Bertz CT molecular complexity index is 1120. The maximum absolute atomic E-state index is 12.5. The molecule has 1 fully saturated rings. The SMILES string of the molecule is COc1ccc(/C=C/C(=O)NC(=S)N2CCNC(=O)C2CC(=O)OCCc2ccccc2)cc1OC. The molecule has 1 heterocycles. The standard InChI is InChI=1S/C26H29N3O6S/c1-33-21-10-8-19(16-22(21)34-2)9-11-23(30)28-26(36)29-14-13-27-25(32)20(29)17-24(31)35-15-12-18-6-4-3-5-7-18/h3-11,16,20H,12-15,17H2,1-2H3,(H,27,32)(H,28,30,36)/b11-9+. The number of amides is 2. The Labute approximate surface area is 215 Å². The van der Waals surface area contributed by atoms with Gasteiger partial charge in [0.1, 0.15) is 6.04 Å². The monoisotopic (exact) mass is 511 g/mol. The van der Waals surface area contributed by atoms with Crippen molar-refractivity contribution in [3.63, 3.8) is 0 Å². The fourth-order valence-electron chi connectivity index (χ4n) is 3.65. The van der Waals surface area contributed by atoms with E-state index in [1.165, 1.54) is 18.1 Å². The van der Waals surface area contributed by atoms with Crippen LogP contribution in [0.5, 0.6) is 11.5 Å². The van der Waals surface area contributed by atoms with Gasteiger partial charge in [0, 0.05) is 25.6 Å². The number of esters is 1. The Morgan fingerprint density at radius 1 is 1.14 bits per heavy atom. The van der Waals surface area contributed by atoms with Gasteiger partial charge in [-0.2, -0.15) is 0 Å². The summed E-state index contributed by atoms with van der Waals surface area (Å²) in [5.74, 6) is -0.217. The number of benzene rings is 2. The minimum Gasteiger partial charge on any atom is -0.493 e. The van der Waals surface area contributed by atoms with Gasteiger partial charge in [-0.05, 0) is 41.6 Å². The van der Waals surface area contributed by atoms with E-state index in [2.05, 4.69) is 10.6 Å². The maximum Gasteiger partial charge on any atom is 0.308 e. The van der Waals surface area contributed by atoms with Gasteiger partial charge in [-0.15, -0.1) is 0 Å². The van der Waals surface area contributed by atoms with Crippen LogP contribution in [0.15, 0.2) is 54.6 Å². The van der Waals surface area contributed by atoms with Gasteiger partial charge < -0.3 is 24.4 Å². The lowest BCUT2D eigenvalue weighted by atomic mass is 10.1. The summed E-state index contributed by atoms with van der Waals surface area (Å²) in [7, 11) is 3.07. The fraction of sp³-hybridized carbons (Fsp3) is 0.308. The zero-order chi connectivity index (χ0) is 25.9. The molecule has 0 radical (unpaired) electrons. The largest absolute Gasteiger partial charge is 0.493 e. The second-order valence-electron chi connectivity index (χ2n) is 7.90. The van der Waals surface area contributed by atoms with Crippen LogP contribution in [0, 0.1) is 0 Å². The highest BCUT2D eigenvalue weighted by Gasteiger charge is 2.34. The Morgan fingerprint density at radius 2 is 1.89 bits per heavy atom. The molecule has 2 aromatic carbocycles. The van der Waals surface area contributed by atoms with E-state index in [0.717, 1.165) is 11.1 Å². The lowest BCUT2D eigenvalue weighted by Crippen LogP contribution is -2.60. The molecule has 0 aliphatic carbocycles. The first-order valence-corrected chi connectivity index (χ1v) is 11.8. The van der Waals surface area contributed by atoms with Crippen LogP contribution in [0.1, 0.15) is 17.5 Å². The van der Waals surface area contributed by atoms with Gasteiger partial charge in [-0.25, -0.2) is 0 Å². The van der Waals surface area contributed by atoms with Gasteiger partial charge in [0.15, 0.2) is 16.6 Å². The van der Waals surface area contributed by atoms with Crippen LogP contribution >= 0.6 is 12.2 Å². The fourth-order valence-corrected chi connectivity index (χ4v) is 3.97. The summed E-state index contributed by atoms with van der Waals surface area (Å²) in [6, 6.07) is 14.0. The molecule has 10 heteroatoms. The van der Waals surface area contributed by atoms with Crippen molar-refractivity contribution < 1.29 is 28.6 Å². The number of rotatable bonds is 9. The number of hydrogen-bond donors (Lipinski definition) is 2. The van der Waals surface area contributed by atoms with Crippen LogP contribution in [0.2, 0.25) is 0 Å². The van der Waals surface area contributed by atoms with Crippen molar-refractivity contribution in [2.45, 2.75) is 18.9 Å². The van der Waals surface area contributed by atoms with Gasteiger partial charge in [-0.1, -0.05) is 36.4 Å². The summed E-state index contributed by atoms with van der Waals surface area (Å²) < 4.78 is 15.8. The highest BCUT2D eigenvalue weighted by Crippen LogP contribution is 2.27. The number of carbonyl (C=O) groups is 3. The summed E-state index contributed by atoms with van der Waals surface area (Å²) in [5, 5.41) is 5.39. The molecule has 1 aliphatic heterocycles. The number of piperazine rings is 1. The first-order chi connectivity index (χ1) is 17.4. The minimum atomic E-state index is -0.870. The van der Waals surface area contributed by atoms with E-state index < -0.39 is 17.9 Å². The number of nitrogens with zero attached hydrogens (tertiary/aromatic N) is 1. The maximum atomic E-state index is 12.5. The molecular weight excluding hydrogens is 482 g/mol. The third-order valence-corrected chi connectivity index (χ3v) is 5.85. The second-order valence-corrected chi connectivity index (χ2v) is 8.29. The Hall–Kier alpha value is -3.92. The lowest BCUT2D eigenvalue weighted by molar-refractivity contribution is -0.147. The van der Waals surface area contributed by atoms with Crippen LogP contribution in [0.4, 0.5) is 0 Å². The van der Waals surface area contributed by atoms with E-state index in [9.17, 15) is 14.4 Å². The molecule has 190 valence electrons. The third kappa shape index (κ3) is 7.54. The first-order valence-electron chi connectivity index (χ1n) is 11.4. The van der Waals surface area contributed by atoms with Crippen LogP contribution in [-0.4, -0.2) is 67.8 Å². The highest BCUT2D eigenvalue weighted by molar-refractivity contribution is 7.80. The van der Waals surface area contributed by atoms with Crippen LogP contribution in [0.25, 0.3) is 6.08 Å². The molecule has 9 nitrogen and oxygen atoms in total. The van der Waals surface area contributed by atoms with E-state index in [1.54, 1.807) is 31.4 Å². The van der Waals surface area contributed by atoms with Crippen molar-refractivity contribution in [3.05, 3.63) is 65.7 Å². The van der Waals surface area contributed by atoms with E-state index in [0.29, 0.717) is 31.0 Å². The average molecular weight is 512 g/mol. The molecule has 2 amide bonds. The van der Waals surface area contributed by atoms with Crippen LogP contribution < -0.4 is 20.1 Å². The van der Waals surface area contributed by atoms with Crippen LogP contribution in [-0.2, 0) is 25.5 Å². The minimum absolute atomic E-state index is 0.0638. The van der Waals surface area contributed by atoms with Crippen molar-refractivity contribution in [3.8, 4) is 11.5 Å². The molecule has 36 heavy (non-hydrogen) atoms. The Morgan fingerprint density at radius 3 is 2.61 bits per heavy atom. The predicted molar refractivity (Wildman–Crippen MR) is 139 cm³/mol. The van der Waals surface area contributed by atoms with E-state index in [1.807, 2.05) is 30.3 Å². The zero-order valence-electron chi connectivity index (χ0n) is 20.2. The Kier molecular flexibility index (Phi) is 9.82. The molecular formula is C26H29N3O6S. The molecule has 0 bridgehead atoms. The molecule has 1 saturated heterocycles. The smallest absolute Gasteiger partial charge is 0.308 e. The number of hydrogen-bond acceptors (Lipinski definition) is 7. The van der Waals surface area contributed by atoms with Gasteiger partial charge in [0.2, 0.25) is 11.8 Å². The summed E-state index contributed by atoms with van der Waals surface area (Å²) in [5.41, 5.74) is 1.77. The lowest BCUT2D eigenvalue weighted by Gasteiger charge is -2.36. The van der Waals surface area contributed by atoms with E-state index in [-0.39, 0.29) is 24.0 Å². The summed E-state index contributed by atoms with van der Waals surface area (Å²) in [4.78, 5) is 38.9. The predicted octanol–water partition coefficient (Wildman–Crippen LogP) is 2.09. The average Bonchev–Trinajstić information content (AvgIpc) is 2.89. The molecule has 1 atom stereocenters. The topological polar surface area (TPSA) is 106 Å². The number of methoxy groups -OCH3 is 2. The molecule has 0 spiro atoms. The summed E-state index contributed by atoms with van der Waals surface area (Å²) in [6.07, 6.45) is 3.32. The quantitative estimate of drug-likeness (QED) is 0.300. The number of thiocarbonyl (C=S) groups is 1. The van der Waals surface area contributed by atoms with Crippen molar-refractivity contribution >= 4 is 41.2 Å². The number of carbonyl (C=O) groups excluding carboxylic acids is 3. The van der Waals surface area contributed by atoms with E-state index in [4.69, 9.17) is 26.4 Å². The molecule has 0 aromatic heterocycles. The van der Waals surface area contributed by atoms with Gasteiger partial charge in [0.25, 0.3) is 0 Å². The summed E-state index contributed by atoms with van der Waals surface area (Å²) >= 11 is 5.38. The summed E-state index contributed by atoms with van der Waals surface area (Å²) in [6.45, 7) is 0.904. The second kappa shape index (κ2) is 13.2. The van der Waals surface area contributed by atoms with Crippen molar-refractivity contribution in [1.82, 2.24) is 15.5 Å². The molecule has 2 aromatic rings. The molecule has 3 rings (SSSR count). The number of ether oxygens (including phenoxy) is 3.